The second-order valence-corrected chi connectivity index (χ2v) is 17.5. The van der Waals surface area contributed by atoms with E-state index < -0.39 is 5.41 Å². The van der Waals surface area contributed by atoms with Crippen molar-refractivity contribution in [1.82, 2.24) is 0 Å². The van der Waals surface area contributed by atoms with E-state index in [9.17, 15) is 0 Å². The Kier molecular flexibility index (Phi) is 5.93. The van der Waals surface area contributed by atoms with Gasteiger partial charge < -0.3 is 0 Å². The zero-order valence-electron chi connectivity index (χ0n) is 33.1. The lowest BCUT2D eigenvalue weighted by Crippen LogP contribution is -2.26. The van der Waals surface area contributed by atoms with E-state index in [0.717, 1.165) is 0 Å². The Balaban J connectivity index is 1.04. The number of rotatable bonds is 2. The van der Waals surface area contributed by atoms with E-state index in [4.69, 9.17) is 0 Å². The Morgan fingerprint density at radius 2 is 0.672 bits per heavy atom. The average Bonchev–Trinajstić information content (AvgIpc) is 3.79. The topological polar surface area (TPSA) is 0 Å². The zero-order chi connectivity index (χ0) is 39.6. The molecule has 0 radical (unpaired) electrons. The van der Waals surface area contributed by atoms with Crippen LogP contribution in [0.4, 0.5) is 0 Å². The average molecular weight is 767 g/mol. The summed E-state index contributed by atoms with van der Waals surface area (Å²) >= 11 is 0. The zero-order valence-corrected chi connectivity index (χ0v) is 33.1. The summed E-state index contributed by atoms with van der Waals surface area (Å²) < 4.78 is 0. The Morgan fingerprint density at radius 1 is 0.230 bits per heavy atom. The quantitative estimate of drug-likeness (QED) is 0.154. The summed E-state index contributed by atoms with van der Waals surface area (Å²) in [6.07, 6.45) is 0. The summed E-state index contributed by atoms with van der Waals surface area (Å²) in [5, 5.41) is 18.4. The van der Waals surface area contributed by atoms with Crippen LogP contribution in [0.25, 0.3) is 120 Å². The molecule has 0 amide bonds. The van der Waals surface area contributed by atoms with Crippen LogP contribution in [0.2, 0.25) is 0 Å². The van der Waals surface area contributed by atoms with E-state index in [1.807, 2.05) is 0 Å². The van der Waals surface area contributed by atoms with Gasteiger partial charge in [-0.3, -0.25) is 0 Å². The van der Waals surface area contributed by atoms with Gasteiger partial charge in [0.05, 0.1) is 5.41 Å². The molecule has 0 heteroatoms. The van der Waals surface area contributed by atoms with Crippen LogP contribution < -0.4 is 0 Å². The summed E-state index contributed by atoms with van der Waals surface area (Å²) in [5.74, 6) is 0. The predicted molar refractivity (Wildman–Crippen MR) is 259 cm³/mol. The third-order valence-electron chi connectivity index (χ3n) is 14.8. The second kappa shape index (κ2) is 11.3. The molecule has 278 valence electrons. The standard InChI is InChI=1S/C61H34/c1-2-12-46-35(7-1)25-32-53-60(46)51-13-3-4-14-52(51)61(53)54-33-42(44-26-19-40-17-15-36-8-5-10-38-21-30-49(44)58(40)56(36)38)23-28-47(54)48-29-24-43(34-55(48)61)45-27-20-41-18-16-37-9-6-11-39-22-31-50(45)59(41)57(37)39/h1-34H. The van der Waals surface area contributed by atoms with Crippen molar-refractivity contribution < 1.29 is 0 Å². The van der Waals surface area contributed by atoms with Crippen molar-refractivity contribution in [2.75, 3.05) is 0 Å². The van der Waals surface area contributed by atoms with Crippen LogP contribution in [0.15, 0.2) is 206 Å². The number of hydrogen-bond acceptors (Lipinski definition) is 0. The van der Waals surface area contributed by atoms with E-state index in [0.29, 0.717) is 0 Å². The third kappa shape index (κ3) is 3.92. The molecule has 0 saturated carbocycles. The normalized spacial score (nSPS) is 13.7. The fraction of sp³-hybridized carbons (Fsp3) is 0.0164. The lowest BCUT2D eigenvalue weighted by Gasteiger charge is -2.31. The minimum atomic E-state index is -0.514. The Hall–Kier alpha value is -7.80. The van der Waals surface area contributed by atoms with Gasteiger partial charge in [0.15, 0.2) is 0 Å². The molecule has 13 aromatic rings. The van der Waals surface area contributed by atoms with E-state index in [2.05, 4.69) is 206 Å². The number of fused-ring (bicyclic) bond motifs is 12. The van der Waals surface area contributed by atoms with E-state index >= 15 is 0 Å². The van der Waals surface area contributed by atoms with Crippen molar-refractivity contribution in [2.45, 2.75) is 5.41 Å². The van der Waals surface area contributed by atoms with Gasteiger partial charge in [-0.1, -0.05) is 194 Å². The molecule has 15 rings (SSSR count). The van der Waals surface area contributed by atoms with Crippen molar-refractivity contribution >= 4 is 75.4 Å². The number of hydrogen-bond donors (Lipinski definition) is 0. The first kappa shape index (κ1) is 32.1. The van der Waals surface area contributed by atoms with Crippen LogP contribution in [-0.2, 0) is 5.41 Å². The monoisotopic (exact) mass is 766 g/mol. The molecule has 0 aromatic heterocycles. The van der Waals surface area contributed by atoms with Crippen LogP contribution in [-0.4, -0.2) is 0 Å². The molecule has 0 unspecified atom stereocenters. The molecular weight excluding hydrogens is 733 g/mol. The van der Waals surface area contributed by atoms with Gasteiger partial charge in [-0.2, -0.15) is 0 Å². The lowest BCUT2D eigenvalue weighted by atomic mass is 9.69. The first-order valence-electron chi connectivity index (χ1n) is 21.5. The molecule has 0 saturated heterocycles. The van der Waals surface area contributed by atoms with Crippen molar-refractivity contribution in [2.24, 2.45) is 0 Å². The second-order valence-electron chi connectivity index (χ2n) is 17.5. The maximum absolute atomic E-state index is 2.55. The maximum Gasteiger partial charge on any atom is 0.0726 e. The Morgan fingerprint density at radius 3 is 1.26 bits per heavy atom. The molecule has 0 N–H and O–H groups in total. The fourth-order valence-electron chi connectivity index (χ4n) is 12.3. The highest BCUT2D eigenvalue weighted by atomic mass is 14.5. The van der Waals surface area contributed by atoms with E-state index in [1.165, 1.54) is 142 Å². The largest absolute Gasteiger partial charge is 0.0726 e. The highest BCUT2D eigenvalue weighted by molar-refractivity contribution is 6.27. The van der Waals surface area contributed by atoms with Gasteiger partial charge in [0.1, 0.15) is 0 Å². The highest BCUT2D eigenvalue weighted by Gasteiger charge is 2.52. The molecule has 0 nitrogen and oxygen atoms in total. The molecular formula is C61H34. The molecule has 0 aliphatic heterocycles. The van der Waals surface area contributed by atoms with Crippen LogP contribution in [0.3, 0.4) is 0 Å². The Bertz CT molecular complexity index is 3820. The fourth-order valence-corrected chi connectivity index (χ4v) is 12.3. The van der Waals surface area contributed by atoms with Gasteiger partial charge in [-0.25, -0.2) is 0 Å². The third-order valence-corrected chi connectivity index (χ3v) is 14.8. The maximum atomic E-state index is 2.55. The predicted octanol–water partition coefficient (Wildman–Crippen LogP) is 16.3. The molecule has 2 aliphatic rings. The summed E-state index contributed by atoms with van der Waals surface area (Å²) in [7, 11) is 0. The smallest absolute Gasteiger partial charge is 0.0619 e. The van der Waals surface area contributed by atoms with Crippen LogP contribution in [0.1, 0.15) is 22.3 Å². The van der Waals surface area contributed by atoms with Gasteiger partial charge in [0.25, 0.3) is 0 Å². The summed E-state index contributed by atoms with van der Waals surface area (Å²) in [4.78, 5) is 0. The highest BCUT2D eigenvalue weighted by Crippen LogP contribution is 2.64. The van der Waals surface area contributed by atoms with E-state index in [-0.39, 0.29) is 0 Å². The van der Waals surface area contributed by atoms with Crippen molar-refractivity contribution in [3.63, 3.8) is 0 Å². The van der Waals surface area contributed by atoms with E-state index in [1.54, 1.807) is 0 Å². The van der Waals surface area contributed by atoms with Crippen molar-refractivity contribution in [1.29, 1.82) is 0 Å². The van der Waals surface area contributed by atoms with Crippen LogP contribution >= 0.6 is 0 Å². The number of benzene rings is 13. The van der Waals surface area contributed by atoms with Crippen LogP contribution in [0.5, 0.6) is 0 Å². The molecule has 0 atom stereocenters. The first-order chi connectivity index (χ1) is 30.2. The van der Waals surface area contributed by atoms with Gasteiger partial charge in [-0.15, -0.1) is 0 Å². The van der Waals surface area contributed by atoms with Crippen molar-refractivity contribution in [3.05, 3.63) is 229 Å². The molecule has 0 fully saturated rings. The summed E-state index contributed by atoms with van der Waals surface area (Å²) in [6.45, 7) is 0. The van der Waals surface area contributed by atoms with Crippen molar-refractivity contribution in [3.8, 4) is 44.5 Å². The van der Waals surface area contributed by atoms with Gasteiger partial charge >= 0.3 is 0 Å². The lowest BCUT2D eigenvalue weighted by molar-refractivity contribution is 0.795. The molecule has 1 spiro atoms. The Labute approximate surface area is 352 Å². The molecule has 61 heavy (non-hydrogen) atoms. The minimum Gasteiger partial charge on any atom is -0.0619 e. The van der Waals surface area contributed by atoms with Gasteiger partial charge in [0, 0.05) is 0 Å². The molecule has 0 heterocycles. The summed E-state index contributed by atoms with van der Waals surface area (Å²) in [6, 6.07) is 78.9. The van der Waals surface area contributed by atoms with Gasteiger partial charge in [0.2, 0.25) is 0 Å². The molecule has 0 bridgehead atoms. The SMILES string of the molecule is c1ccc2c(c1)-c1c(ccc3ccccc13)C21c2cc(-c3ccc4ccc5cccc6ccc3c4c56)ccc2-c2ccc(-c3ccc4ccc5cccc6ccc3c4c56)cc21. The van der Waals surface area contributed by atoms with Crippen LogP contribution in [0, 0.1) is 0 Å². The minimum absolute atomic E-state index is 0.514. The molecule has 13 aromatic carbocycles. The molecule has 2 aliphatic carbocycles. The summed E-state index contributed by atoms with van der Waals surface area (Å²) in [5.41, 5.74) is 15.3. The first-order valence-corrected chi connectivity index (χ1v) is 21.5. The van der Waals surface area contributed by atoms with Gasteiger partial charge in [-0.05, 0) is 154 Å².